The molecule has 0 radical (unpaired) electrons. The zero-order chi connectivity index (χ0) is 26.4. The molecule has 1 aromatic carbocycles. The highest BCUT2D eigenvalue weighted by Crippen LogP contribution is 2.26. The molecule has 2 aromatic heterocycles. The number of aromatic nitrogens is 4. The van der Waals surface area contributed by atoms with Crippen LogP contribution in [0.2, 0.25) is 0 Å². The van der Waals surface area contributed by atoms with Gasteiger partial charge in [0.2, 0.25) is 11.9 Å². The maximum absolute atomic E-state index is 12.2. The van der Waals surface area contributed by atoms with E-state index in [1.54, 1.807) is 29.6 Å². The first-order valence-electron chi connectivity index (χ1n) is 12.0. The molecule has 1 atom stereocenters. The van der Waals surface area contributed by atoms with Gasteiger partial charge in [0.1, 0.15) is 18.2 Å². The van der Waals surface area contributed by atoms with Crippen LogP contribution in [0.5, 0.6) is 0 Å². The standard InChI is InChI=1S/C26H30N8O3/c1-5-24(35)31-18-6-8-19(9-7-18)33(4)20-14-29-22(30-15-20)10-12-27-25-28-13-11-23(32-25)34-21(17(2)3)16-37-26(34)36/h5-9,11,13-15,17,21H,1,10,12,16H2,2-4H3,(H,31,35)(H,27,28,32)/t21-/m1/s1. The maximum atomic E-state index is 12.2. The summed E-state index contributed by atoms with van der Waals surface area (Å²) in [6, 6.07) is 9.08. The van der Waals surface area contributed by atoms with Crippen LogP contribution in [-0.2, 0) is 16.0 Å². The van der Waals surface area contributed by atoms with Gasteiger partial charge in [0.05, 0.1) is 24.1 Å². The summed E-state index contributed by atoms with van der Waals surface area (Å²) >= 11 is 0. The number of ether oxygens (including phenoxy) is 1. The number of carbonyl (C=O) groups is 2. The number of rotatable bonds is 10. The van der Waals surface area contributed by atoms with E-state index in [1.165, 1.54) is 6.08 Å². The Labute approximate surface area is 215 Å². The molecule has 1 aliphatic heterocycles. The minimum Gasteiger partial charge on any atom is -0.447 e. The molecule has 2 amide bonds. The second-order valence-corrected chi connectivity index (χ2v) is 8.83. The van der Waals surface area contributed by atoms with Gasteiger partial charge >= 0.3 is 6.09 Å². The van der Waals surface area contributed by atoms with E-state index in [1.807, 2.05) is 50.1 Å². The number of anilines is 5. The van der Waals surface area contributed by atoms with Crippen molar-refractivity contribution in [3.05, 3.63) is 67.4 Å². The Balaban J connectivity index is 1.32. The van der Waals surface area contributed by atoms with Gasteiger partial charge in [0.25, 0.3) is 0 Å². The summed E-state index contributed by atoms with van der Waals surface area (Å²) in [5, 5.41) is 5.90. The first kappa shape index (κ1) is 25.5. The molecule has 0 spiro atoms. The molecule has 0 bridgehead atoms. The van der Waals surface area contributed by atoms with E-state index in [2.05, 4.69) is 37.1 Å². The summed E-state index contributed by atoms with van der Waals surface area (Å²) < 4.78 is 5.22. The van der Waals surface area contributed by atoms with Crippen LogP contribution in [0.15, 0.2) is 61.6 Å². The average Bonchev–Trinajstić information content (AvgIpc) is 3.31. The topological polar surface area (TPSA) is 125 Å². The highest BCUT2D eigenvalue weighted by atomic mass is 16.6. The number of nitrogens with zero attached hydrogens (tertiary/aromatic N) is 6. The van der Waals surface area contributed by atoms with Gasteiger partial charge < -0.3 is 20.3 Å². The van der Waals surface area contributed by atoms with E-state index in [0.29, 0.717) is 42.9 Å². The summed E-state index contributed by atoms with van der Waals surface area (Å²) in [5.74, 6) is 1.59. The van der Waals surface area contributed by atoms with Crippen LogP contribution < -0.4 is 20.4 Å². The van der Waals surface area contributed by atoms with Crippen molar-refractivity contribution in [1.82, 2.24) is 19.9 Å². The van der Waals surface area contributed by atoms with E-state index in [0.717, 1.165) is 11.4 Å². The summed E-state index contributed by atoms with van der Waals surface area (Å²) in [4.78, 5) is 44.9. The first-order chi connectivity index (χ1) is 17.9. The van der Waals surface area contributed by atoms with Gasteiger partial charge in [-0.05, 0) is 42.3 Å². The third-order valence-electron chi connectivity index (χ3n) is 5.98. The van der Waals surface area contributed by atoms with Gasteiger partial charge in [-0.1, -0.05) is 20.4 Å². The Morgan fingerprint density at radius 2 is 1.92 bits per heavy atom. The number of hydrogen-bond donors (Lipinski definition) is 2. The van der Waals surface area contributed by atoms with Gasteiger partial charge in [-0.25, -0.2) is 19.7 Å². The predicted molar refractivity (Wildman–Crippen MR) is 142 cm³/mol. The molecule has 2 N–H and O–H groups in total. The normalized spacial score (nSPS) is 14.9. The van der Waals surface area contributed by atoms with E-state index in [9.17, 15) is 9.59 Å². The fourth-order valence-electron chi connectivity index (χ4n) is 3.81. The largest absolute Gasteiger partial charge is 0.447 e. The zero-order valence-corrected chi connectivity index (χ0v) is 21.1. The molecule has 1 saturated heterocycles. The monoisotopic (exact) mass is 502 g/mol. The van der Waals surface area contributed by atoms with Crippen molar-refractivity contribution in [3.8, 4) is 0 Å². The number of benzene rings is 1. The summed E-state index contributed by atoms with van der Waals surface area (Å²) in [7, 11) is 1.92. The smallest absolute Gasteiger partial charge is 0.415 e. The van der Waals surface area contributed by atoms with Crippen LogP contribution >= 0.6 is 0 Å². The van der Waals surface area contributed by atoms with E-state index in [-0.39, 0.29) is 17.9 Å². The Hall–Kier alpha value is -4.54. The molecule has 3 aromatic rings. The number of hydrogen-bond acceptors (Lipinski definition) is 9. The highest BCUT2D eigenvalue weighted by Gasteiger charge is 2.37. The maximum Gasteiger partial charge on any atom is 0.415 e. The second-order valence-electron chi connectivity index (χ2n) is 8.83. The molecule has 11 heteroatoms. The number of amides is 2. The molecule has 1 fully saturated rings. The number of carbonyl (C=O) groups excluding carboxylic acids is 2. The third kappa shape index (κ3) is 6.18. The third-order valence-corrected chi connectivity index (χ3v) is 5.98. The molecule has 0 aliphatic carbocycles. The van der Waals surface area contributed by atoms with Crippen molar-refractivity contribution >= 4 is 40.8 Å². The molecule has 4 rings (SSSR count). The van der Waals surface area contributed by atoms with E-state index < -0.39 is 6.09 Å². The molecular weight excluding hydrogens is 472 g/mol. The summed E-state index contributed by atoms with van der Waals surface area (Å²) in [6.07, 6.45) is 6.55. The Kier molecular flexibility index (Phi) is 7.92. The lowest BCUT2D eigenvalue weighted by atomic mass is 10.0. The minimum atomic E-state index is -0.391. The molecular formula is C26H30N8O3. The quantitative estimate of drug-likeness (QED) is 0.398. The Morgan fingerprint density at radius 3 is 2.59 bits per heavy atom. The van der Waals surface area contributed by atoms with Crippen molar-refractivity contribution in [2.45, 2.75) is 26.3 Å². The van der Waals surface area contributed by atoms with Crippen LogP contribution in [0.4, 0.5) is 33.6 Å². The van der Waals surface area contributed by atoms with Crippen LogP contribution in [-0.4, -0.2) is 58.2 Å². The van der Waals surface area contributed by atoms with Crippen LogP contribution in [0.3, 0.4) is 0 Å². The molecule has 0 unspecified atom stereocenters. The van der Waals surface area contributed by atoms with Gasteiger partial charge in [0.15, 0.2) is 0 Å². The summed E-state index contributed by atoms with van der Waals surface area (Å²) in [5.41, 5.74) is 2.44. The summed E-state index contributed by atoms with van der Waals surface area (Å²) in [6.45, 7) is 8.42. The highest BCUT2D eigenvalue weighted by molar-refractivity contribution is 5.99. The van der Waals surface area contributed by atoms with Gasteiger partial charge in [-0.3, -0.25) is 9.69 Å². The van der Waals surface area contributed by atoms with Gasteiger partial charge in [-0.15, -0.1) is 0 Å². The molecule has 192 valence electrons. The van der Waals surface area contributed by atoms with Crippen molar-refractivity contribution in [2.75, 3.05) is 40.6 Å². The van der Waals surface area contributed by atoms with Crippen molar-refractivity contribution in [2.24, 2.45) is 5.92 Å². The molecule has 3 heterocycles. The van der Waals surface area contributed by atoms with E-state index >= 15 is 0 Å². The van der Waals surface area contributed by atoms with Crippen molar-refractivity contribution in [3.63, 3.8) is 0 Å². The number of cyclic esters (lactones) is 1. The SMILES string of the molecule is C=CC(=O)Nc1ccc(N(C)c2cnc(CCNc3nccc(N4C(=O)OC[C@@H]4C(C)C)n3)nc2)cc1. The fraction of sp³-hybridized carbons (Fsp3) is 0.308. The van der Waals surface area contributed by atoms with Crippen LogP contribution in [0.1, 0.15) is 19.7 Å². The molecule has 1 aliphatic rings. The fourth-order valence-corrected chi connectivity index (χ4v) is 3.81. The van der Waals surface area contributed by atoms with Crippen molar-refractivity contribution in [1.29, 1.82) is 0 Å². The Morgan fingerprint density at radius 1 is 1.19 bits per heavy atom. The van der Waals surface area contributed by atoms with Crippen molar-refractivity contribution < 1.29 is 14.3 Å². The minimum absolute atomic E-state index is 0.0589. The predicted octanol–water partition coefficient (Wildman–Crippen LogP) is 3.79. The van der Waals surface area contributed by atoms with Gasteiger partial charge in [0, 0.05) is 37.6 Å². The van der Waals surface area contributed by atoms with Crippen LogP contribution in [0.25, 0.3) is 0 Å². The molecule has 11 nitrogen and oxygen atoms in total. The lowest BCUT2D eigenvalue weighted by molar-refractivity contribution is -0.111. The molecule has 0 saturated carbocycles. The first-order valence-corrected chi connectivity index (χ1v) is 12.0. The lowest BCUT2D eigenvalue weighted by Gasteiger charge is -2.23. The lowest BCUT2D eigenvalue weighted by Crippen LogP contribution is -2.37. The molecule has 37 heavy (non-hydrogen) atoms. The van der Waals surface area contributed by atoms with Gasteiger partial charge in [-0.2, -0.15) is 4.98 Å². The number of nitrogens with one attached hydrogen (secondary N) is 2. The average molecular weight is 503 g/mol. The van der Waals surface area contributed by atoms with E-state index in [4.69, 9.17) is 4.74 Å². The Bertz CT molecular complexity index is 1250. The zero-order valence-electron chi connectivity index (χ0n) is 21.1. The van der Waals surface area contributed by atoms with Crippen LogP contribution in [0, 0.1) is 5.92 Å². The second kappa shape index (κ2) is 11.5.